The summed E-state index contributed by atoms with van der Waals surface area (Å²) in [7, 11) is 0. The van der Waals surface area contributed by atoms with Crippen LogP contribution in [0.3, 0.4) is 0 Å². The summed E-state index contributed by atoms with van der Waals surface area (Å²) in [4.78, 5) is 18.4. The van der Waals surface area contributed by atoms with E-state index in [1.165, 1.54) is 6.33 Å². The SMILES string of the molecule is Nc1ccc2c(C=O)ncnc2c1. The molecule has 0 fully saturated rings. The maximum Gasteiger partial charge on any atom is 0.169 e. The van der Waals surface area contributed by atoms with Crippen molar-refractivity contribution in [3.05, 3.63) is 30.2 Å². The Bertz CT molecular complexity index is 467. The average molecular weight is 173 g/mol. The van der Waals surface area contributed by atoms with Gasteiger partial charge in [-0.25, -0.2) is 9.97 Å². The number of rotatable bonds is 1. The van der Waals surface area contributed by atoms with Gasteiger partial charge < -0.3 is 5.73 Å². The van der Waals surface area contributed by atoms with Gasteiger partial charge in [-0.15, -0.1) is 0 Å². The Hall–Kier alpha value is -1.97. The first-order valence-corrected chi connectivity index (χ1v) is 3.76. The highest BCUT2D eigenvalue weighted by Gasteiger charge is 2.01. The van der Waals surface area contributed by atoms with Crippen molar-refractivity contribution in [2.45, 2.75) is 0 Å². The van der Waals surface area contributed by atoms with Gasteiger partial charge in [0.25, 0.3) is 0 Å². The minimum Gasteiger partial charge on any atom is -0.399 e. The molecule has 0 unspecified atom stereocenters. The van der Waals surface area contributed by atoms with Gasteiger partial charge in [0.05, 0.1) is 5.52 Å². The molecule has 13 heavy (non-hydrogen) atoms. The molecule has 0 aliphatic carbocycles. The van der Waals surface area contributed by atoms with Crippen LogP contribution in [0.15, 0.2) is 24.5 Å². The Morgan fingerprint density at radius 3 is 2.92 bits per heavy atom. The molecule has 2 aromatic rings. The lowest BCUT2D eigenvalue weighted by Gasteiger charge is -1.99. The van der Waals surface area contributed by atoms with Crippen molar-refractivity contribution in [3.8, 4) is 0 Å². The molecule has 1 aromatic heterocycles. The third kappa shape index (κ3) is 1.22. The highest BCUT2D eigenvalue weighted by atomic mass is 16.1. The predicted octanol–water partition coefficient (Wildman–Crippen LogP) is 1.02. The first kappa shape index (κ1) is 7.67. The standard InChI is InChI=1S/C9H7N3O/c10-6-1-2-7-8(3-6)11-5-12-9(7)4-13/h1-5H,10H2. The fraction of sp³-hybridized carbons (Fsp3) is 0. The summed E-state index contributed by atoms with van der Waals surface area (Å²) in [6, 6.07) is 5.18. The first-order valence-electron chi connectivity index (χ1n) is 3.76. The monoisotopic (exact) mass is 173 g/mol. The molecule has 0 bridgehead atoms. The third-order valence-electron chi connectivity index (χ3n) is 1.80. The summed E-state index contributed by atoms with van der Waals surface area (Å²) in [6.45, 7) is 0. The van der Waals surface area contributed by atoms with Gasteiger partial charge in [0.1, 0.15) is 12.0 Å². The summed E-state index contributed by atoms with van der Waals surface area (Å²) >= 11 is 0. The molecule has 2 N–H and O–H groups in total. The Labute approximate surface area is 74.4 Å². The molecule has 0 aliphatic rings. The van der Waals surface area contributed by atoms with E-state index >= 15 is 0 Å². The fourth-order valence-corrected chi connectivity index (χ4v) is 1.19. The van der Waals surface area contributed by atoms with Crippen LogP contribution in [0.4, 0.5) is 5.69 Å². The minimum absolute atomic E-state index is 0.394. The summed E-state index contributed by atoms with van der Waals surface area (Å²) in [5.41, 5.74) is 7.28. The number of hydrogen-bond donors (Lipinski definition) is 1. The summed E-state index contributed by atoms with van der Waals surface area (Å²) < 4.78 is 0. The summed E-state index contributed by atoms with van der Waals surface area (Å²) in [5, 5.41) is 0.728. The van der Waals surface area contributed by atoms with Crippen LogP contribution in [0.25, 0.3) is 10.9 Å². The van der Waals surface area contributed by atoms with E-state index in [2.05, 4.69) is 9.97 Å². The third-order valence-corrected chi connectivity index (χ3v) is 1.80. The molecule has 1 aromatic carbocycles. The average Bonchev–Trinajstić information content (AvgIpc) is 2.16. The van der Waals surface area contributed by atoms with Crippen molar-refractivity contribution in [1.29, 1.82) is 0 Å². The number of nitrogens with two attached hydrogens (primary N) is 1. The van der Waals surface area contributed by atoms with E-state index in [9.17, 15) is 4.79 Å². The molecule has 1 heterocycles. The van der Waals surface area contributed by atoms with Crippen LogP contribution in [0.5, 0.6) is 0 Å². The van der Waals surface area contributed by atoms with Crippen LogP contribution in [-0.4, -0.2) is 16.3 Å². The molecule has 0 spiro atoms. The van der Waals surface area contributed by atoms with Crippen molar-refractivity contribution < 1.29 is 4.79 Å². The molecule has 0 radical (unpaired) electrons. The quantitative estimate of drug-likeness (QED) is 0.516. The zero-order valence-corrected chi connectivity index (χ0v) is 6.77. The van der Waals surface area contributed by atoms with Crippen LogP contribution >= 0.6 is 0 Å². The maximum atomic E-state index is 10.6. The van der Waals surface area contributed by atoms with Gasteiger partial charge in [-0.05, 0) is 18.2 Å². The first-order chi connectivity index (χ1) is 6.31. The molecule has 0 aliphatic heterocycles. The molecule has 0 amide bonds. The van der Waals surface area contributed by atoms with Gasteiger partial charge >= 0.3 is 0 Å². The zero-order valence-electron chi connectivity index (χ0n) is 6.77. The Balaban J connectivity index is 2.84. The van der Waals surface area contributed by atoms with E-state index in [0.29, 0.717) is 23.2 Å². The molecule has 0 saturated carbocycles. The lowest BCUT2D eigenvalue weighted by atomic mass is 10.2. The van der Waals surface area contributed by atoms with Crippen LogP contribution in [0.2, 0.25) is 0 Å². The highest BCUT2D eigenvalue weighted by Crippen LogP contribution is 2.15. The summed E-state index contributed by atoms with van der Waals surface area (Å²) in [5.74, 6) is 0. The van der Waals surface area contributed by atoms with Crippen molar-refractivity contribution >= 4 is 22.9 Å². The van der Waals surface area contributed by atoms with E-state index in [4.69, 9.17) is 5.73 Å². The van der Waals surface area contributed by atoms with Crippen molar-refractivity contribution in [2.24, 2.45) is 0 Å². The molecule has 4 heteroatoms. The summed E-state index contributed by atoms with van der Waals surface area (Å²) in [6.07, 6.45) is 2.06. The van der Waals surface area contributed by atoms with E-state index in [0.717, 1.165) is 5.39 Å². The van der Waals surface area contributed by atoms with Gasteiger partial charge in [-0.2, -0.15) is 0 Å². The molecule has 4 nitrogen and oxygen atoms in total. The lowest BCUT2D eigenvalue weighted by Crippen LogP contribution is -1.92. The topological polar surface area (TPSA) is 68.9 Å². The van der Waals surface area contributed by atoms with Crippen LogP contribution in [0, 0.1) is 0 Å². The molecular weight excluding hydrogens is 166 g/mol. The van der Waals surface area contributed by atoms with Crippen LogP contribution in [-0.2, 0) is 0 Å². The number of aldehydes is 1. The van der Waals surface area contributed by atoms with Crippen LogP contribution in [0.1, 0.15) is 10.5 Å². The van der Waals surface area contributed by atoms with Crippen molar-refractivity contribution in [2.75, 3.05) is 5.73 Å². The second-order valence-corrected chi connectivity index (χ2v) is 2.65. The molecule has 0 saturated heterocycles. The normalized spacial score (nSPS) is 10.2. The number of nitrogen functional groups attached to an aromatic ring is 1. The molecular formula is C9H7N3O. The Kier molecular flexibility index (Phi) is 1.66. The van der Waals surface area contributed by atoms with Crippen molar-refractivity contribution in [3.63, 3.8) is 0 Å². The van der Waals surface area contributed by atoms with Gasteiger partial charge in [-0.3, -0.25) is 4.79 Å². The number of carbonyl (C=O) groups is 1. The predicted molar refractivity (Wildman–Crippen MR) is 49.3 cm³/mol. The van der Waals surface area contributed by atoms with E-state index in [1.807, 2.05) is 0 Å². The molecule has 2 rings (SSSR count). The molecule has 64 valence electrons. The number of anilines is 1. The van der Waals surface area contributed by atoms with E-state index in [-0.39, 0.29) is 0 Å². The fourth-order valence-electron chi connectivity index (χ4n) is 1.19. The van der Waals surface area contributed by atoms with Gasteiger partial charge in [0.15, 0.2) is 6.29 Å². The number of aromatic nitrogens is 2. The number of fused-ring (bicyclic) bond motifs is 1. The van der Waals surface area contributed by atoms with Gasteiger partial charge in [0, 0.05) is 11.1 Å². The van der Waals surface area contributed by atoms with Gasteiger partial charge in [-0.1, -0.05) is 0 Å². The number of benzene rings is 1. The Morgan fingerprint density at radius 2 is 2.15 bits per heavy atom. The number of carbonyl (C=O) groups excluding carboxylic acids is 1. The zero-order chi connectivity index (χ0) is 9.26. The van der Waals surface area contributed by atoms with Gasteiger partial charge in [0.2, 0.25) is 0 Å². The van der Waals surface area contributed by atoms with E-state index in [1.54, 1.807) is 18.2 Å². The largest absolute Gasteiger partial charge is 0.399 e. The second kappa shape index (κ2) is 2.82. The van der Waals surface area contributed by atoms with Crippen LogP contribution < -0.4 is 5.73 Å². The maximum absolute atomic E-state index is 10.6. The number of nitrogens with zero attached hydrogens (tertiary/aromatic N) is 2. The smallest absolute Gasteiger partial charge is 0.169 e. The number of hydrogen-bond acceptors (Lipinski definition) is 4. The minimum atomic E-state index is 0.394. The molecule has 0 atom stereocenters. The van der Waals surface area contributed by atoms with E-state index < -0.39 is 0 Å². The lowest BCUT2D eigenvalue weighted by molar-refractivity contribution is 0.112. The van der Waals surface area contributed by atoms with Crippen molar-refractivity contribution in [1.82, 2.24) is 9.97 Å². The highest BCUT2D eigenvalue weighted by molar-refractivity contribution is 5.95. The Morgan fingerprint density at radius 1 is 1.31 bits per heavy atom. The second-order valence-electron chi connectivity index (χ2n) is 2.65.